The average Bonchev–Trinajstić information content (AvgIpc) is 2.82. The number of alkyl halides is 5. The number of aryl methyl sites for hydroxylation is 1. The van der Waals surface area contributed by atoms with Gasteiger partial charge in [0.2, 0.25) is 0 Å². The van der Waals surface area contributed by atoms with E-state index >= 15 is 0 Å². The molecule has 0 aliphatic heterocycles. The molecule has 0 saturated heterocycles. The quantitative estimate of drug-likeness (QED) is 0.171. The van der Waals surface area contributed by atoms with E-state index < -0.39 is 41.8 Å². The minimum atomic E-state index is -5.11. The Labute approximate surface area is 207 Å². The topological polar surface area (TPSA) is 27.7 Å². The number of benzene rings is 2. The van der Waals surface area contributed by atoms with Crippen molar-refractivity contribution in [1.29, 1.82) is 0 Å². The molecule has 0 spiro atoms. The standard InChI is InChI=1S/C27H30F6O3/c1-3-19-8-10-20(11-9-19)5-4-16-34-22-14-15-23(25(28)24(22)27(31,32)33)35-17-26(29,30)36-21-12-6-18(2)7-13-21/h3,6-7,12-15,19-20H,1,4-5,8-11,16-17H2,2H3. The van der Waals surface area contributed by atoms with Crippen LogP contribution in [0.4, 0.5) is 26.3 Å². The molecule has 2 aromatic carbocycles. The molecule has 0 radical (unpaired) electrons. The zero-order chi connectivity index (χ0) is 26.3. The molecule has 198 valence electrons. The minimum absolute atomic E-state index is 0.0213. The molecule has 3 rings (SSSR count). The highest BCUT2D eigenvalue weighted by Gasteiger charge is 2.40. The van der Waals surface area contributed by atoms with Gasteiger partial charge in [-0.05, 0) is 81.5 Å². The first-order valence-corrected chi connectivity index (χ1v) is 11.9. The first-order valence-electron chi connectivity index (χ1n) is 11.9. The van der Waals surface area contributed by atoms with Crippen LogP contribution in [0.1, 0.15) is 49.7 Å². The fraction of sp³-hybridized carbons (Fsp3) is 0.481. The third-order valence-corrected chi connectivity index (χ3v) is 6.27. The molecule has 1 saturated carbocycles. The van der Waals surface area contributed by atoms with Crippen molar-refractivity contribution in [3.8, 4) is 17.2 Å². The van der Waals surface area contributed by atoms with Crippen molar-refractivity contribution in [1.82, 2.24) is 0 Å². The fourth-order valence-corrected chi connectivity index (χ4v) is 4.27. The summed E-state index contributed by atoms with van der Waals surface area (Å²) >= 11 is 0. The number of hydrogen-bond acceptors (Lipinski definition) is 3. The molecule has 0 aromatic heterocycles. The highest BCUT2D eigenvalue weighted by Crippen LogP contribution is 2.42. The van der Waals surface area contributed by atoms with Crippen molar-refractivity contribution in [2.75, 3.05) is 13.2 Å². The Morgan fingerprint density at radius 2 is 1.56 bits per heavy atom. The van der Waals surface area contributed by atoms with Crippen molar-refractivity contribution >= 4 is 0 Å². The van der Waals surface area contributed by atoms with Gasteiger partial charge >= 0.3 is 12.3 Å². The summed E-state index contributed by atoms with van der Waals surface area (Å²) in [5.74, 6) is -2.66. The van der Waals surface area contributed by atoms with Crippen LogP contribution in [0, 0.1) is 24.6 Å². The van der Waals surface area contributed by atoms with Crippen molar-refractivity contribution < 1.29 is 40.6 Å². The second kappa shape index (κ2) is 11.9. The molecule has 0 heterocycles. The van der Waals surface area contributed by atoms with Crippen LogP contribution in [0.15, 0.2) is 49.1 Å². The van der Waals surface area contributed by atoms with Gasteiger partial charge < -0.3 is 14.2 Å². The molecule has 0 atom stereocenters. The third-order valence-electron chi connectivity index (χ3n) is 6.27. The molecule has 0 unspecified atom stereocenters. The number of rotatable bonds is 11. The predicted octanol–water partition coefficient (Wildman–Crippen LogP) is 8.35. The van der Waals surface area contributed by atoms with E-state index in [4.69, 9.17) is 9.47 Å². The van der Waals surface area contributed by atoms with Gasteiger partial charge in [-0.25, -0.2) is 4.39 Å². The van der Waals surface area contributed by atoms with Crippen LogP contribution in [0.3, 0.4) is 0 Å². The van der Waals surface area contributed by atoms with Crippen LogP contribution >= 0.6 is 0 Å². The second-order valence-corrected chi connectivity index (χ2v) is 9.10. The van der Waals surface area contributed by atoms with Crippen LogP contribution in [0.5, 0.6) is 17.2 Å². The van der Waals surface area contributed by atoms with E-state index in [0.717, 1.165) is 49.8 Å². The van der Waals surface area contributed by atoms with Gasteiger partial charge in [-0.3, -0.25) is 0 Å². The van der Waals surface area contributed by atoms with E-state index in [1.807, 2.05) is 6.08 Å². The number of ether oxygens (including phenoxy) is 3. The summed E-state index contributed by atoms with van der Waals surface area (Å²) in [5, 5.41) is 0. The summed E-state index contributed by atoms with van der Waals surface area (Å²) in [5.41, 5.74) is -0.865. The normalized spacial score (nSPS) is 18.5. The van der Waals surface area contributed by atoms with Gasteiger partial charge in [-0.1, -0.05) is 23.8 Å². The van der Waals surface area contributed by atoms with E-state index in [1.165, 1.54) is 12.1 Å². The molecule has 36 heavy (non-hydrogen) atoms. The van der Waals surface area contributed by atoms with Gasteiger partial charge in [0.1, 0.15) is 17.1 Å². The third kappa shape index (κ3) is 7.83. The summed E-state index contributed by atoms with van der Waals surface area (Å²) in [4.78, 5) is 0. The van der Waals surface area contributed by atoms with Crippen molar-refractivity contribution in [3.05, 3.63) is 66.0 Å². The van der Waals surface area contributed by atoms with E-state index in [9.17, 15) is 26.3 Å². The molecule has 0 amide bonds. The lowest BCUT2D eigenvalue weighted by molar-refractivity contribution is -0.195. The zero-order valence-corrected chi connectivity index (χ0v) is 20.1. The smallest absolute Gasteiger partial charge is 0.432 e. The molecule has 1 aliphatic carbocycles. The molecule has 3 nitrogen and oxygen atoms in total. The van der Waals surface area contributed by atoms with E-state index in [2.05, 4.69) is 11.3 Å². The van der Waals surface area contributed by atoms with Crippen molar-refractivity contribution in [2.45, 2.75) is 57.7 Å². The van der Waals surface area contributed by atoms with Crippen LogP contribution in [-0.4, -0.2) is 19.3 Å². The summed E-state index contributed by atoms with van der Waals surface area (Å²) in [6.45, 7) is 4.06. The molecule has 2 aromatic rings. The van der Waals surface area contributed by atoms with Crippen LogP contribution in [-0.2, 0) is 6.18 Å². The Hall–Kier alpha value is -2.84. The van der Waals surface area contributed by atoms with Crippen LogP contribution in [0.2, 0.25) is 0 Å². The Morgan fingerprint density at radius 1 is 0.917 bits per heavy atom. The van der Waals surface area contributed by atoms with Gasteiger partial charge in [0.25, 0.3) is 0 Å². The van der Waals surface area contributed by atoms with E-state index in [-0.39, 0.29) is 12.4 Å². The second-order valence-electron chi connectivity index (χ2n) is 9.10. The molecular formula is C27H30F6O3. The lowest BCUT2D eigenvalue weighted by Crippen LogP contribution is -2.32. The van der Waals surface area contributed by atoms with Gasteiger partial charge in [-0.2, -0.15) is 22.0 Å². The zero-order valence-electron chi connectivity index (χ0n) is 20.1. The predicted molar refractivity (Wildman–Crippen MR) is 124 cm³/mol. The van der Waals surface area contributed by atoms with E-state index in [0.29, 0.717) is 18.3 Å². The maximum Gasteiger partial charge on any atom is 0.432 e. The number of halogens is 6. The van der Waals surface area contributed by atoms with Gasteiger partial charge in [-0.15, -0.1) is 6.58 Å². The summed E-state index contributed by atoms with van der Waals surface area (Å²) in [6.07, 6.45) is -1.58. The highest BCUT2D eigenvalue weighted by molar-refractivity contribution is 5.44. The lowest BCUT2D eigenvalue weighted by atomic mass is 9.80. The number of allylic oxidation sites excluding steroid dienone is 1. The molecule has 9 heteroatoms. The average molecular weight is 517 g/mol. The van der Waals surface area contributed by atoms with Crippen LogP contribution < -0.4 is 14.2 Å². The summed E-state index contributed by atoms with van der Waals surface area (Å²) in [7, 11) is 0. The summed E-state index contributed by atoms with van der Waals surface area (Å²) < 4.78 is 98.3. The van der Waals surface area contributed by atoms with Gasteiger partial charge in [0.15, 0.2) is 18.2 Å². The Balaban J connectivity index is 1.59. The molecular weight excluding hydrogens is 486 g/mol. The van der Waals surface area contributed by atoms with Crippen molar-refractivity contribution in [2.24, 2.45) is 11.8 Å². The molecule has 1 fully saturated rings. The minimum Gasteiger partial charge on any atom is -0.493 e. The van der Waals surface area contributed by atoms with Gasteiger partial charge in [0.05, 0.1) is 6.61 Å². The van der Waals surface area contributed by atoms with E-state index in [1.54, 1.807) is 19.1 Å². The first kappa shape index (κ1) is 27.7. The molecule has 0 N–H and O–H groups in total. The van der Waals surface area contributed by atoms with Gasteiger partial charge in [0, 0.05) is 0 Å². The molecule has 0 bridgehead atoms. The monoisotopic (exact) mass is 516 g/mol. The van der Waals surface area contributed by atoms with Crippen molar-refractivity contribution in [3.63, 3.8) is 0 Å². The maximum atomic E-state index is 14.7. The SMILES string of the molecule is C=CC1CCC(CCCOc2ccc(OCC(F)(F)Oc3ccc(C)cc3)c(F)c2C(F)(F)F)CC1. The summed E-state index contributed by atoms with van der Waals surface area (Å²) in [6, 6.07) is 7.45. The number of hydrogen-bond donors (Lipinski definition) is 0. The van der Waals surface area contributed by atoms with Crippen LogP contribution in [0.25, 0.3) is 0 Å². The highest BCUT2D eigenvalue weighted by atomic mass is 19.4. The first-order chi connectivity index (χ1) is 17.0. The molecule has 1 aliphatic rings. The Bertz CT molecular complexity index is 996. The largest absolute Gasteiger partial charge is 0.493 e. The lowest BCUT2D eigenvalue weighted by Gasteiger charge is -2.26. The Kier molecular flexibility index (Phi) is 9.19. The fourth-order valence-electron chi connectivity index (χ4n) is 4.27. The Morgan fingerprint density at radius 3 is 2.17 bits per heavy atom. The maximum absolute atomic E-state index is 14.7.